The van der Waals surface area contributed by atoms with Crippen molar-refractivity contribution in [1.29, 1.82) is 0 Å². The molecule has 0 aromatic heterocycles. The minimum Gasteiger partial charge on any atom is -0.550 e. The molecule has 10 heavy (non-hydrogen) atoms. The largest absolute Gasteiger partial charge is 1.00 e. The number of amides is 1. The number of carboxylic acid groups (broad SMARTS) is 1. The van der Waals surface area contributed by atoms with Crippen LogP contribution in [0.1, 0.15) is 19.3 Å². The molecule has 0 rings (SSSR count). The van der Waals surface area contributed by atoms with Crippen LogP contribution >= 0.6 is 0 Å². The van der Waals surface area contributed by atoms with Crippen LogP contribution in [0.5, 0.6) is 0 Å². The van der Waals surface area contributed by atoms with Crippen LogP contribution in [0.25, 0.3) is 0 Å². The minimum absolute atomic E-state index is 0. The average molecular weight is 153 g/mol. The number of hydrogen-bond acceptors (Lipinski definition) is 3. The summed E-state index contributed by atoms with van der Waals surface area (Å²) < 4.78 is 0. The van der Waals surface area contributed by atoms with E-state index in [1.54, 1.807) is 0 Å². The van der Waals surface area contributed by atoms with E-state index in [0.717, 1.165) is 0 Å². The van der Waals surface area contributed by atoms with Crippen LogP contribution in [-0.4, -0.2) is 11.9 Å². The van der Waals surface area contributed by atoms with Gasteiger partial charge < -0.3 is 15.6 Å². The Kier molecular flexibility index (Phi) is 8.89. The molecule has 5 heteroatoms. The summed E-state index contributed by atoms with van der Waals surface area (Å²) in [6.45, 7) is 0. The second-order valence-corrected chi connectivity index (χ2v) is 1.69. The number of carboxylic acids is 1. The van der Waals surface area contributed by atoms with Crippen LogP contribution in [-0.2, 0) is 9.59 Å². The minimum atomic E-state index is -1.14. The second-order valence-electron chi connectivity index (χ2n) is 1.69. The van der Waals surface area contributed by atoms with Gasteiger partial charge in [-0.3, -0.25) is 4.79 Å². The number of carbonyl (C=O) groups is 2. The van der Waals surface area contributed by atoms with Gasteiger partial charge in [0.05, 0.1) is 0 Å². The molecule has 1 amide bonds. The van der Waals surface area contributed by atoms with Crippen molar-refractivity contribution >= 4 is 11.9 Å². The molecule has 0 spiro atoms. The van der Waals surface area contributed by atoms with Crippen molar-refractivity contribution in [2.75, 3.05) is 0 Å². The fourth-order valence-corrected chi connectivity index (χ4v) is 0.407. The number of aliphatic carboxylic acids is 1. The first-order chi connectivity index (χ1) is 4.13. The zero-order chi connectivity index (χ0) is 7.28. The summed E-state index contributed by atoms with van der Waals surface area (Å²) in [5.41, 5.74) is 4.73. The van der Waals surface area contributed by atoms with Crippen molar-refractivity contribution in [2.24, 2.45) is 5.73 Å². The first kappa shape index (κ1) is 12.6. The van der Waals surface area contributed by atoms with Gasteiger partial charge in [-0.05, 0) is 12.8 Å². The molecule has 0 aromatic rings. The molecule has 0 radical (unpaired) electrons. The Labute approximate surface area is 81.1 Å². The smallest absolute Gasteiger partial charge is 0.550 e. The van der Waals surface area contributed by atoms with Gasteiger partial charge >= 0.3 is 29.6 Å². The van der Waals surface area contributed by atoms with Gasteiger partial charge in [-0.2, -0.15) is 0 Å². The third-order valence-electron chi connectivity index (χ3n) is 0.804. The molecule has 0 atom stereocenters. The Morgan fingerprint density at radius 1 is 1.30 bits per heavy atom. The van der Waals surface area contributed by atoms with E-state index in [-0.39, 0.29) is 48.8 Å². The molecule has 0 aromatic carbocycles. The van der Waals surface area contributed by atoms with E-state index in [2.05, 4.69) is 0 Å². The van der Waals surface area contributed by atoms with Gasteiger partial charge in [0.15, 0.2) is 0 Å². The molecule has 0 bridgehead atoms. The molecular formula is C5H8NNaO3. The fourth-order valence-electron chi connectivity index (χ4n) is 0.407. The SMILES string of the molecule is NC(=O)CCCC(=O)[O-].[Na+]. The van der Waals surface area contributed by atoms with E-state index in [4.69, 9.17) is 5.73 Å². The fraction of sp³-hybridized carbons (Fsp3) is 0.600. The van der Waals surface area contributed by atoms with Gasteiger partial charge in [0.1, 0.15) is 0 Å². The summed E-state index contributed by atoms with van der Waals surface area (Å²) in [6, 6.07) is 0. The summed E-state index contributed by atoms with van der Waals surface area (Å²) >= 11 is 0. The van der Waals surface area contributed by atoms with Crippen LogP contribution < -0.4 is 40.4 Å². The standard InChI is InChI=1S/C5H9NO3.Na/c6-4(7)2-1-3-5(8)9;/h1-3H2,(H2,6,7)(H,8,9);/q;+1/p-1. The van der Waals surface area contributed by atoms with Crippen LogP contribution in [0.4, 0.5) is 0 Å². The Hall–Kier alpha value is -0.0600. The van der Waals surface area contributed by atoms with E-state index in [1.807, 2.05) is 0 Å². The normalized spacial score (nSPS) is 8.00. The molecule has 0 saturated carbocycles. The monoisotopic (exact) mass is 153 g/mol. The maximum absolute atomic E-state index is 9.99. The van der Waals surface area contributed by atoms with Crippen LogP contribution in [0.3, 0.4) is 0 Å². The Balaban J connectivity index is 0. The van der Waals surface area contributed by atoms with Crippen molar-refractivity contribution in [3.05, 3.63) is 0 Å². The molecule has 0 fully saturated rings. The topological polar surface area (TPSA) is 83.2 Å². The van der Waals surface area contributed by atoms with Gasteiger partial charge in [-0.25, -0.2) is 0 Å². The van der Waals surface area contributed by atoms with Crippen molar-refractivity contribution in [2.45, 2.75) is 19.3 Å². The Morgan fingerprint density at radius 3 is 2.10 bits per heavy atom. The number of nitrogens with two attached hydrogens (primary N) is 1. The molecular weight excluding hydrogens is 145 g/mol. The molecule has 52 valence electrons. The Bertz CT molecular complexity index is 112. The van der Waals surface area contributed by atoms with Gasteiger partial charge in [0, 0.05) is 12.4 Å². The molecule has 0 aliphatic heterocycles. The molecule has 2 N–H and O–H groups in total. The summed E-state index contributed by atoms with van der Waals surface area (Å²) in [5, 5.41) is 9.72. The Morgan fingerprint density at radius 2 is 1.80 bits per heavy atom. The first-order valence-corrected chi connectivity index (χ1v) is 2.61. The van der Waals surface area contributed by atoms with Gasteiger partial charge in [-0.1, -0.05) is 0 Å². The van der Waals surface area contributed by atoms with Crippen molar-refractivity contribution in [3.8, 4) is 0 Å². The summed E-state index contributed by atoms with van der Waals surface area (Å²) in [7, 11) is 0. The van der Waals surface area contributed by atoms with E-state index in [0.29, 0.717) is 0 Å². The average Bonchev–Trinajstić information content (AvgIpc) is 1.63. The van der Waals surface area contributed by atoms with Crippen LogP contribution in [0, 0.1) is 0 Å². The number of hydrogen-bond donors (Lipinski definition) is 1. The van der Waals surface area contributed by atoms with Crippen LogP contribution in [0.15, 0.2) is 0 Å². The number of carbonyl (C=O) groups excluding carboxylic acids is 2. The molecule has 4 nitrogen and oxygen atoms in total. The third kappa shape index (κ3) is 10.8. The van der Waals surface area contributed by atoms with Gasteiger partial charge in [-0.15, -0.1) is 0 Å². The quantitative estimate of drug-likeness (QED) is 0.412. The summed E-state index contributed by atoms with van der Waals surface area (Å²) in [4.78, 5) is 19.7. The second kappa shape index (κ2) is 7.05. The summed E-state index contributed by atoms with van der Waals surface area (Å²) in [6.07, 6.45) is 0.300. The third-order valence-corrected chi connectivity index (χ3v) is 0.804. The van der Waals surface area contributed by atoms with E-state index < -0.39 is 11.9 Å². The maximum atomic E-state index is 9.99. The molecule has 0 aliphatic carbocycles. The maximum Gasteiger partial charge on any atom is 1.00 e. The van der Waals surface area contributed by atoms with Crippen molar-refractivity contribution in [1.82, 2.24) is 0 Å². The zero-order valence-electron chi connectivity index (χ0n) is 5.92. The first-order valence-electron chi connectivity index (χ1n) is 2.61. The number of rotatable bonds is 4. The van der Waals surface area contributed by atoms with E-state index in [9.17, 15) is 14.7 Å². The zero-order valence-corrected chi connectivity index (χ0v) is 7.92. The molecule has 0 aliphatic rings. The predicted molar refractivity (Wildman–Crippen MR) is 28.1 cm³/mol. The molecule has 0 saturated heterocycles. The van der Waals surface area contributed by atoms with Gasteiger partial charge in [0.25, 0.3) is 0 Å². The summed E-state index contributed by atoms with van der Waals surface area (Å²) in [5.74, 6) is -1.62. The van der Waals surface area contributed by atoms with Crippen molar-refractivity contribution in [3.63, 3.8) is 0 Å². The van der Waals surface area contributed by atoms with E-state index in [1.165, 1.54) is 0 Å². The van der Waals surface area contributed by atoms with Gasteiger partial charge in [0.2, 0.25) is 5.91 Å². The molecule has 0 unspecified atom stereocenters. The molecule has 0 heterocycles. The van der Waals surface area contributed by atoms with E-state index >= 15 is 0 Å². The van der Waals surface area contributed by atoms with Crippen LogP contribution in [0.2, 0.25) is 0 Å². The number of primary amides is 1. The van der Waals surface area contributed by atoms with Crippen molar-refractivity contribution < 1.29 is 44.3 Å². The predicted octanol–water partition coefficient (Wildman–Crippen LogP) is -4.60.